The Hall–Kier alpha value is -1.85. The lowest BCUT2D eigenvalue weighted by Gasteiger charge is -2.35. The highest BCUT2D eigenvalue weighted by Crippen LogP contribution is 2.51. The summed E-state index contributed by atoms with van der Waals surface area (Å²) in [7, 11) is 1.68. The van der Waals surface area contributed by atoms with E-state index in [-0.39, 0.29) is 5.41 Å². The van der Waals surface area contributed by atoms with Crippen LogP contribution in [0.15, 0.2) is 36.7 Å². The van der Waals surface area contributed by atoms with Crippen molar-refractivity contribution in [1.29, 1.82) is 0 Å². The molecule has 3 atom stereocenters. The molecular formula is C20H27N3O2. The summed E-state index contributed by atoms with van der Waals surface area (Å²) in [5, 5.41) is 10.0. The number of imidazole rings is 1. The van der Waals surface area contributed by atoms with Crippen molar-refractivity contribution in [1.82, 2.24) is 14.5 Å². The van der Waals surface area contributed by atoms with Crippen LogP contribution in [0, 0.1) is 5.41 Å². The predicted molar refractivity (Wildman–Crippen MR) is 96.9 cm³/mol. The summed E-state index contributed by atoms with van der Waals surface area (Å²) in [5.74, 6) is 1.92. The zero-order valence-electron chi connectivity index (χ0n) is 15.1. The van der Waals surface area contributed by atoms with E-state index in [1.807, 2.05) is 24.5 Å². The molecule has 4 rings (SSSR count). The molecule has 0 amide bonds. The van der Waals surface area contributed by atoms with E-state index in [1.54, 1.807) is 7.11 Å². The summed E-state index contributed by atoms with van der Waals surface area (Å²) >= 11 is 0. The lowest BCUT2D eigenvalue weighted by molar-refractivity contribution is 0.0707. The first-order valence-electron chi connectivity index (χ1n) is 9.24. The number of benzene rings is 1. The van der Waals surface area contributed by atoms with E-state index in [4.69, 9.17) is 4.74 Å². The molecule has 134 valence electrons. The monoisotopic (exact) mass is 341 g/mol. The van der Waals surface area contributed by atoms with Crippen molar-refractivity contribution in [2.75, 3.05) is 13.7 Å². The third kappa shape index (κ3) is 2.66. The van der Waals surface area contributed by atoms with Crippen molar-refractivity contribution in [3.8, 4) is 11.4 Å². The Morgan fingerprint density at radius 1 is 1.28 bits per heavy atom. The van der Waals surface area contributed by atoms with Crippen molar-refractivity contribution in [3.05, 3.63) is 42.5 Å². The van der Waals surface area contributed by atoms with Gasteiger partial charge in [-0.15, -0.1) is 0 Å². The molecule has 1 aromatic carbocycles. The summed E-state index contributed by atoms with van der Waals surface area (Å²) in [6.07, 6.45) is 8.50. The first kappa shape index (κ1) is 16.6. The van der Waals surface area contributed by atoms with E-state index in [0.717, 1.165) is 36.6 Å². The van der Waals surface area contributed by atoms with Gasteiger partial charge in [0.15, 0.2) is 0 Å². The maximum Gasteiger partial charge on any atom is 0.127 e. The van der Waals surface area contributed by atoms with Gasteiger partial charge >= 0.3 is 0 Å². The number of hydrogen-bond acceptors (Lipinski definition) is 4. The van der Waals surface area contributed by atoms with Gasteiger partial charge < -0.3 is 14.4 Å². The molecule has 1 aromatic heterocycles. The molecule has 3 heterocycles. The zero-order chi connectivity index (χ0) is 17.4. The number of methoxy groups -OCH3 is 1. The van der Waals surface area contributed by atoms with Gasteiger partial charge in [0, 0.05) is 35.6 Å². The van der Waals surface area contributed by atoms with E-state index in [2.05, 4.69) is 33.5 Å². The third-order valence-corrected chi connectivity index (χ3v) is 6.40. The van der Waals surface area contributed by atoms with E-state index in [1.165, 1.54) is 12.8 Å². The SMILES string of the molecule is CC[C@@]1(CO)C[C@@H]2CC[C@H]1N2Cc1nccn1-c1ccc(OC)cc1. The predicted octanol–water partition coefficient (Wildman–Crippen LogP) is 3.01. The zero-order valence-corrected chi connectivity index (χ0v) is 15.1. The number of fused-ring (bicyclic) bond motifs is 2. The fraction of sp³-hybridized carbons (Fsp3) is 0.550. The summed E-state index contributed by atoms with van der Waals surface area (Å²) in [6, 6.07) is 9.14. The molecule has 0 aliphatic carbocycles. The number of ether oxygens (including phenoxy) is 1. The van der Waals surface area contributed by atoms with Crippen LogP contribution < -0.4 is 4.74 Å². The Balaban J connectivity index is 1.57. The van der Waals surface area contributed by atoms with Gasteiger partial charge in [0.25, 0.3) is 0 Å². The largest absolute Gasteiger partial charge is 0.497 e. The quantitative estimate of drug-likeness (QED) is 0.877. The first-order chi connectivity index (χ1) is 12.2. The van der Waals surface area contributed by atoms with Crippen molar-refractivity contribution < 1.29 is 9.84 Å². The molecule has 5 heteroatoms. The summed E-state index contributed by atoms with van der Waals surface area (Å²) in [6.45, 7) is 3.36. The minimum absolute atomic E-state index is 0.0838. The fourth-order valence-corrected chi connectivity index (χ4v) is 4.91. The minimum Gasteiger partial charge on any atom is -0.497 e. The normalized spacial score (nSPS) is 28.6. The summed E-state index contributed by atoms with van der Waals surface area (Å²) < 4.78 is 7.41. The molecule has 0 saturated carbocycles. The molecule has 0 unspecified atom stereocenters. The number of aliphatic hydroxyl groups is 1. The van der Waals surface area contributed by atoms with Gasteiger partial charge in [0.05, 0.1) is 20.3 Å². The van der Waals surface area contributed by atoms with Crippen molar-refractivity contribution in [2.45, 2.75) is 51.2 Å². The summed E-state index contributed by atoms with van der Waals surface area (Å²) in [4.78, 5) is 7.21. The van der Waals surface area contributed by atoms with Crippen LogP contribution in [0.5, 0.6) is 5.75 Å². The molecule has 0 spiro atoms. The van der Waals surface area contributed by atoms with Crippen molar-refractivity contribution in [3.63, 3.8) is 0 Å². The Bertz CT molecular complexity index is 721. The molecular weight excluding hydrogens is 314 g/mol. The van der Waals surface area contributed by atoms with E-state index in [0.29, 0.717) is 18.7 Å². The van der Waals surface area contributed by atoms with Gasteiger partial charge in [0.1, 0.15) is 11.6 Å². The second-order valence-electron chi connectivity index (χ2n) is 7.41. The fourth-order valence-electron chi connectivity index (χ4n) is 4.91. The standard InChI is InChI=1S/C20H27N3O2/c1-3-20(14-24)12-16-6-9-18(20)23(16)13-19-21-10-11-22(19)15-4-7-17(25-2)8-5-15/h4-5,7-8,10-11,16,18,24H,3,6,9,12-14H2,1-2H3/t16-,18+,20-/m0/s1. The average Bonchev–Trinajstić information content (AvgIpc) is 3.36. The smallest absolute Gasteiger partial charge is 0.127 e. The van der Waals surface area contributed by atoms with Crippen LogP contribution >= 0.6 is 0 Å². The molecule has 2 bridgehead atoms. The summed E-state index contributed by atoms with van der Waals surface area (Å²) in [5.41, 5.74) is 1.18. The van der Waals surface area contributed by atoms with Gasteiger partial charge in [0.2, 0.25) is 0 Å². The Labute approximate surface area is 149 Å². The number of aliphatic hydroxyl groups excluding tert-OH is 1. The number of hydrogen-bond donors (Lipinski definition) is 1. The molecule has 0 radical (unpaired) electrons. The number of aromatic nitrogens is 2. The number of nitrogens with zero attached hydrogens (tertiary/aromatic N) is 3. The Morgan fingerprint density at radius 2 is 2.08 bits per heavy atom. The molecule has 2 fully saturated rings. The highest BCUT2D eigenvalue weighted by molar-refractivity contribution is 5.38. The molecule has 5 nitrogen and oxygen atoms in total. The minimum atomic E-state index is 0.0838. The first-order valence-corrected chi connectivity index (χ1v) is 9.24. The maximum absolute atomic E-state index is 10.0. The van der Waals surface area contributed by atoms with E-state index >= 15 is 0 Å². The molecule has 2 aromatic rings. The molecule has 2 aliphatic heterocycles. The Morgan fingerprint density at radius 3 is 2.72 bits per heavy atom. The number of rotatable bonds is 6. The lowest BCUT2D eigenvalue weighted by Crippen LogP contribution is -2.39. The van der Waals surface area contributed by atoms with Crippen molar-refractivity contribution >= 4 is 0 Å². The van der Waals surface area contributed by atoms with Crippen LogP contribution in [0.3, 0.4) is 0 Å². The molecule has 25 heavy (non-hydrogen) atoms. The van der Waals surface area contributed by atoms with Gasteiger partial charge in [-0.2, -0.15) is 0 Å². The van der Waals surface area contributed by atoms with Crippen LogP contribution in [0.25, 0.3) is 5.69 Å². The highest BCUT2D eigenvalue weighted by Gasteiger charge is 2.54. The molecule has 2 saturated heterocycles. The van der Waals surface area contributed by atoms with Crippen LogP contribution in [0.4, 0.5) is 0 Å². The van der Waals surface area contributed by atoms with Gasteiger partial charge in [-0.25, -0.2) is 4.98 Å². The van der Waals surface area contributed by atoms with Crippen molar-refractivity contribution in [2.24, 2.45) is 5.41 Å². The van der Waals surface area contributed by atoms with Crippen LogP contribution in [-0.4, -0.2) is 45.4 Å². The van der Waals surface area contributed by atoms with E-state index < -0.39 is 0 Å². The van der Waals surface area contributed by atoms with Crippen LogP contribution in [0.2, 0.25) is 0 Å². The van der Waals surface area contributed by atoms with Crippen LogP contribution in [-0.2, 0) is 6.54 Å². The van der Waals surface area contributed by atoms with E-state index in [9.17, 15) is 5.11 Å². The maximum atomic E-state index is 10.0. The highest BCUT2D eigenvalue weighted by atomic mass is 16.5. The second-order valence-corrected chi connectivity index (χ2v) is 7.41. The third-order valence-electron chi connectivity index (χ3n) is 6.40. The van der Waals surface area contributed by atoms with Crippen LogP contribution in [0.1, 0.15) is 38.4 Å². The lowest BCUT2D eigenvalue weighted by atomic mass is 9.72. The molecule has 2 aliphatic rings. The average molecular weight is 341 g/mol. The molecule has 1 N–H and O–H groups in total. The Kier molecular flexibility index (Phi) is 4.29. The van der Waals surface area contributed by atoms with Gasteiger partial charge in [-0.3, -0.25) is 4.90 Å². The van der Waals surface area contributed by atoms with Gasteiger partial charge in [-0.1, -0.05) is 6.92 Å². The second kappa shape index (κ2) is 6.46. The topological polar surface area (TPSA) is 50.5 Å². The van der Waals surface area contributed by atoms with Gasteiger partial charge in [-0.05, 0) is 49.9 Å².